The molecule has 0 atom stereocenters. The lowest BCUT2D eigenvalue weighted by molar-refractivity contribution is -0.112. The maximum atomic E-state index is 12.1. The molecule has 2 N–H and O–H groups in total. The Balaban J connectivity index is 2.01. The highest BCUT2D eigenvalue weighted by Crippen LogP contribution is 2.18. The van der Waals surface area contributed by atoms with Crippen LogP contribution in [0.25, 0.3) is 0 Å². The first kappa shape index (κ1) is 14.9. The van der Waals surface area contributed by atoms with Gasteiger partial charge in [-0.2, -0.15) is 5.26 Å². The molecule has 0 aromatic heterocycles. The zero-order chi connectivity index (χ0) is 15.2. The van der Waals surface area contributed by atoms with E-state index in [0.717, 1.165) is 25.9 Å². The largest absolute Gasteiger partial charge is 0.508 e. The van der Waals surface area contributed by atoms with Crippen molar-refractivity contribution >= 4 is 11.6 Å². The van der Waals surface area contributed by atoms with Crippen molar-refractivity contribution in [3.8, 4) is 11.8 Å². The van der Waals surface area contributed by atoms with Gasteiger partial charge < -0.3 is 15.3 Å². The highest BCUT2D eigenvalue weighted by Gasteiger charge is 2.16. The molecular formula is C16H19N3O2. The Morgan fingerprint density at radius 2 is 2.00 bits per heavy atom. The molecule has 1 saturated heterocycles. The number of hydrogen-bond acceptors (Lipinski definition) is 4. The van der Waals surface area contributed by atoms with Gasteiger partial charge in [0.05, 0.1) is 0 Å². The quantitative estimate of drug-likeness (QED) is 0.508. The van der Waals surface area contributed by atoms with Crippen molar-refractivity contribution < 1.29 is 9.90 Å². The van der Waals surface area contributed by atoms with E-state index >= 15 is 0 Å². The summed E-state index contributed by atoms with van der Waals surface area (Å²) in [5, 5.41) is 21.0. The zero-order valence-corrected chi connectivity index (χ0v) is 12.0. The van der Waals surface area contributed by atoms with E-state index in [1.54, 1.807) is 18.3 Å². The second-order valence-corrected chi connectivity index (χ2v) is 5.37. The third-order valence-corrected chi connectivity index (χ3v) is 3.62. The van der Waals surface area contributed by atoms with Gasteiger partial charge in [0.2, 0.25) is 0 Å². The average molecular weight is 285 g/mol. The lowest BCUT2D eigenvalue weighted by Crippen LogP contribution is -2.29. The van der Waals surface area contributed by atoms with Gasteiger partial charge in [0.1, 0.15) is 17.4 Å². The van der Waals surface area contributed by atoms with Gasteiger partial charge in [0, 0.05) is 25.0 Å². The molecule has 0 radical (unpaired) electrons. The Kier molecular flexibility index (Phi) is 4.83. The van der Waals surface area contributed by atoms with E-state index in [2.05, 4.69) is 12.2 Å². The van der Waals surface area contributed by atoms with E-state index in [1.807, 2.05) is 11.0 Å². The van der Waals surface area contributed by atoms with E-state index in [4.69, 9.17) is 5.26 Å². The van der Waals surface area contributed by atoms with E-state index in [9.17, 15) is 9.90 Å². The Morgan fingerprint density at radius 3 is 2.57 bits per heavy atom. The van der Waals surface area contributed by atoms with E-state index in [-0.39, 0.29) is 11.3 Å². The third kappa shape index (κ3) is 4.25. The Bertz CT molecular complexity index is 564. The third-order valence-electron chi connectivity index (χ3n) is 3.62. The molecule has 0 saturated carbocycles. The summed E-state index contributed by atoms with van der Waals surface area (Å²) in [6, 6.07) is 8.09. The van der Waals surface area contributed by atoms with Crippen LogP contribution in [0.4, 0.5) is 5.69 Å². The molecule has 1 heterocycles. The number of nitrogens with one attached hydrogen (secondary N) is 1. The van der Waals surface area contributed by atoms with Crippen molar-refractivity contribution in [3.05, 3.63) is 36.0 Å². The summed E-state index contributed by atoms with van der Waals surface area (Å²) < 4.78 is 0. The van der Waals surface area contributed by atoms with E-state index in [0.29, 0.717) is 11.6 Å². The molecule has 0 spiro atoms. The van der Waals surface area contributed by atoms with Crippen molar-refractivity contribution in [2.75, 3.05) is 18.4 Å². The number of piperidine rings is 1. The van der Waals surface area contributed by atoms with Crippen LogP contribution in [0.2, 0.25) is 0 Å². The molecule has 1 aromatic carbocycles. The van der Waals surface area contributed by atoms with Crippen LogP contribution >= 0.6 is 0 Å². The molecule has 2 rings (SSSR count). The fourth-order valence-electron chi connectivity index (χ4n) is 2.22. The highest BCUT2D eigenvalue weighted by molar-refractivity contribution is 6.06. The van der Waals surface area contributed by atoms with Gasteiger partial charge in [0.15, 0.2) is 0 Å². The van der Waals surface area contributed by atoms with Crippen LogP contribution in [-0.2, 0) is 4.79 Å². The fraction of sp³-hybridized carbons (Fsp3) is 0.375. The predicted molar refractivity (Wildman–Crippen MR) is 80.4 cm³/mol. The predicted octanol–water partition coefficient (Wildman–Crippen LogP) is 2.47. The maximum Gasteiger partial charge on any atom is 0.267 e. The van der Waals surface area contributed by atoms with Crippen LogP contribution in [0.1, 0.15) is 19.8 Å². The van der Waals surface area contributed by atoms with Crippen molar-refractivity contribution in [1.82, 2.24) is 4.90 Å². The summed E-state index contributed by atoms with van der Waals surface area (Å²) in [5.41, 5.74) is 0.642. The number of benzene rings is 1. The van der Waals surface area contributed by atoms with Crippen molar-refractivity contribution in [1.29, 1.82) is 5.26 Å². The molecule has 0 unspecified atom stereocenters. The molecule has 1 aliphatic heterocycles. The number of hydrogen-bond donors (Lipinski definition) is 2. The summed E-state index contributed by atoms with van der Waals surface area (Å²) in [4.78, 5) is 14.1. The summed E-state index contributed by atoms with van der Waals surface area (Å²) in [6.45, 7) is 3.96. The van der Waals surface area contributed by atoms with Crippen molar-refractivity contribution in [3.63, 3.8) is 0 Å². The topological polar surface area (TPSA) is 76.4 Å². The Hall–Kier alpha value is -2.48. The summed E-state index contributed by atoms with van der Waals surface area (Å²) in [6.07, 6.45) is 3.80. The minimum Gasteiger partial charge on any atom is -0.508 e. The standard InChI is InChI=1S/C16H19N3O2/c1-12-6-8-19(9-7-12)11-13(10-17)16(21)18-14-2-4-15(20)5-3-14/h2-5,11-12,20H,6-9H2,1H3,(H,18,21)/b13-11-. The van der Waals surface area contributed by atoms with Crippen LogP contribution < -0.4 is 5.32 Å². The molecule has 1 aliphatic rings. The SMILES string of the molecule is CC1CCN(/C=C(/C#N)C(=O)Nc2ccc(O)cc2)CC1. The molecule has 21 heavy (non-hydrogen) atoms. The van der Waals surface area contributed by atoms with Crippen LogP contribution in [0.15, 0.2) is 36.0 Å². The molecule has 5 nitrogen and oxygen atoms in total. The van der Waals surface area contributed by atoms with Gasteiger partial charge in [-0.25, -0.2) is 0 Å². The monoisotopic (exact) mass is 285 g/mol. The summed E-state index contributed by atoms with van der Waals surface area (Å²) in [7, 11) is 0. The van der Waals surface area contributed by atoms with E-state index < -0.39 is 5.91 Å². The molecule has 1 amide bonds. The number of anilines is 1. The van der Waals surface area contributed by atoms with E-state index in [1.165, 1.54) is 12.1 Å². The molecular weight excluding hydrogens is 266 g/mol. The number of amides is 1. The number of carbonyl (C=O) groups is 1. The number of aromatic hydroxyl groups is 1. The second-order valence-electron chi connectivity index (χ2n) is 5.37. The maximum absolute atomic E-state index is 12.1. The van der Waals surface area contributed by atoms with Crippen LogP contribution in [0.3, 0.4) is 0 Å². The fourth-order valence-corrected chi connectivity index (χ4v) is 2.22. The summed E-state index contributed by atoms with van der Waals surface area (Å²) >= 11 is 0. The molecule has 1 aromatic rings. The first-order chi connectivity index (χ1) is 10.1. The summed E-state index contributed by atoms with van der Waals surface area (Å²) in [5.74, 6) is 0.402. The Morgan fingerprint density at radius 1 is 1.38 bits per heavy atom. The lowest BCUT2D eigenvalue weighted by Gasteiger charge is -2.29. The molecule has 110 valence electrons. The highest BCUT2D eigenvalue weighted by atomic mass is 16.3. The molecule has 0 bridgehead atoms. The molecule has 5 heteroatoms. The molecule has 0 aliphatic carbocycles. The minimum absolute atomic E-state index is 0.0950. The number of phenols is 1. The Labute approximate surface area is 124 Å². The van der Waals surface area contributed by atoms with Crippen LogP contribution in [-0.4, -0.2) is 29.0 Å². The van der Waals surface area contributed by atoms with Crippen LogP contribution in [0, 0.1) is 17.2 Å². The smallest absolute Gasteiger partial charge is 0.267 e. The van der Waals surface area contributed by atoms with Crippen molar-refractivity contribution in [2.24, 2.45) is 5.92 Å². The lowest BCUT2D eigenvalue weighted by atomic mass is 9.99. The normalized spacial score (nSPS) is 16.4. The molecule has 1 fully saturated rings. The van der Waals surface area contributed by atoms with Crippen LogP contribution in [0.5, 0.6) is 5.75 Å². The van der Waals surface area contributed by atoms with Gasteiger partial charge in [0.25, 0.3) is 5.91 Å². The minimum atomic E-state index is -0.429. The average Bonchev–Trinajstić information content (AvgIpc) is 2.49. The number of likely N-dealkylation sites (tertiary alicyclic amines) is 1. The second kappa shape index (κ2) is 6.80. The van der Waals surface area contributed by atoms with Gasteiger partial charge in [-0.05, 0) is 43.0 Å². The first-order valence-corrected chi connectivity index (χ1v) is 7.05. The first-order valence-electron chi connectivity index (χ1n) is 7.05. The van der Waals surface area contributed by atoms with Gasteiger partial charge in [-0.1, -0.05) is 6.92 Å². The number of carbonyl (C=O) groups excluding carboxylic acids is 1. The van der Waals surface area contributed by atoms with Gasteiger partial charge in [-0.3, -0.25) is 4.79 Å². The van der Waals surface area contributed by atoms with Crippen molar-refractivity contribution in [2.45, 2.75) is 19.8 Å². The number of phenolic OH excluding ortho intramolecular Hbond substituents is 1. The van der Waals surface area contributed by atoms with Gasteiger partial charge in [-0.15, -0.1) is 0 Å². The number of nitrogens with zero attached hydrogens (tertiary/aromatic N) is 2. The zero-order valence-electron chi connectivity index (χ0n) is 12.0. The number of rotatable bonds is 3. The number of nitriles is 1. The van der Waals surface area contributed by atoms with Gasteiger partial charge >= 0.3 is 0 Å².